The Kier molecular flexibility index (Phi) is 10.7. The second-order valence-electron chi connectivity index (χ2n) is 7.48. The summed E-state index contributed by atoms with van der Waals surface area (Å²) in [6.45, 7) is 4.22. The molecule has 7 heteroatoms. The van der Waals surface area contributed by atoms with Gasteiger partial charge >= 0.3 is 0 Å². The third kappa shape index (κ3) is 8.11. The highest BCUT2D eigenvalue weighted by Gasteiger charge is 2.20. The molecule has 0 amide bonds. The van der Waals surface area contributed by atoms with E-state index in [1.165, 1.54) is 12.8 Å². The van der Waals surface area contributed by atoms with Crippen molar-refractivity contribution >= 4 is 5.96 Å². The fraction of sp³-hybridized carbons (Fsp3) is 0.682. The maximum atomic E-state index is 6.31. The van der Waals surface area contributed by atoms with Crippen molar-refractivity contribution in [1.29, 1.82) is 0 Å². The van der Waals surface area contributed by atoms with Gasteiger partial charge in [-0.2, -0.15) is 0 Å². The first-order chi connectivity index (χ1) is 14.2. The summed E-state index contributed by atoms with van der Waals surface area (Å²) in [4.78, 5) is 6.60. The zero-order valence-corrected chi connectivity index (χ0v) is 18.5. The molecule has 0 saturated heterocycles. The van der Waals surface area contributed by atoms with Gasteiger partial charge in [0.2, 0.25) is 0 Å². The van der Waals surface area contributed by atoms with E-state index in [4.69, 9.17) is 14.2 Å². The molecule has 0 bridgehead atoms. The van der Waals surface area contributed by atoms with Gasteiger partial charge in [-0.3, -0.25) is 4.99 Å². The van der Waals surface area contributed by atoms with Crippen LogP contribution in [0.1, 0.15) is 37.7 Å². The summed E-state index contributed by atoms with van der Waals surface area (Å²) in [7, 11) is 7.33. The van der Waals surface area contributed by atoms with Crippen molar-refractivity contribution in [3.63, 3.8) is 0 Å². The van der Waals surface area contributed by atoms with Crippen molar-refractivity contribution in [3.05, 3.63) is 23.8 Å². The summed E-state index contributed by atoms with van der Waals surface area (Å²) in [5.74, 6) is 2.43. The van der Waals surface area contributed by atoms with Crippen molar-refractivity contribution in [1.82, 2.24) is 15.5 Å². The number of methoxy groups -OCH3 is 2. The molecule has 164 valence electrons. The summed E-state index contributed by atoms with van der Waals surface area (Å²) < 4.78 is 17.0. The largest absolute Gasteiger partial charge is 0.493 e. The number of benzene rings is 1. The SMILES string of the molecule is CN=C(NCCCN(C)CCOC)NCc1cccc(OC)c1OC1CCCC1. The lowest BCUT2D eigenvalue weighted by Gasteiger charge is -2.20. The summed E-state index contributed by atoms with van der Waals surface area (Å²) in [6.07, 6.45) is 6.04. The highest BCUT2D eigenvalue weighted by molar-refractivity contribution is 5.79. The molecule has 1 aliphatic rings. The van der Waals surface area contributed by atoms with E-state index < -0.39 is 0 Å². The number of guanidine groups is 1. The van der Waals surface area contributed by atoms with E-state index >= 15 is 0 Å². The number of ether oxygens (including phenoxy) is 3. The third-order valence-corrected chi connectivity index (χ3v) is 5.22. The molecule has 0 aliphatic heterocycles. The summed E-state index contributed by atoms with van der Waals surface area (Å²) >= 11 is 0. The molecule has 1 saturated carbocycles. The molecule has 1 fully saturated rings. The predicted molar refractivity (Wildman–Crippen MR) is 118 cm³/mol. The van der Waals surface area contributed by atoms with Gasteiger partial charge in [-0.05, 0) is 51.8 Å². The quantitative estimate of drug-likeness (QED) is 0.316. The molecular weight excluding hydrogens is 368 g/mol. The van der Waals surface area contributed by atoms with Crippen molar-refractivity contribution < 1.29 is 14.2 Å². The molecular formula is C22H38N4O3. The Bertz CT molecular complexity index is 618. The summed E-state index contributed by atoms with van der Waals surface area (Å²) in [6, 6.07) is 6.04. The minimum Gasteiger partial charge on any atom is -0.493 e. The lowest BCUT2D eigenvalue weighted by molar-refractivity contribution is 0.161. The van der Waals surface area contributed by atoms with Crippen molar-refractivity contribution in [2.75, 3.05) is 54.6 Å². The zero-order valence-electron chi connectivity index (χ0n) is 18.5. The Labute approximate surface area is 175 Å². The Hall–Kier alpha value is -1.99. The smallest absolute Gasteiger partial charge is 0.191 e. The van der Waals surface area contributed by atoms with Crippen LogP contribution in [-0.2, 0) is 11.3 Å². The van der Waals surface area contributed by atoms with Gasteiger partial charge in [-0.1, -0.05) is 12.1 Å². The molecule has 7 nitrogen and oxygen atoms in total. The van der Waals surface area contributed by atoms with Crippen LogP contribution in [0.25, 0.3) is 0 Å². The van der Waals surface area contributed by atoms with E-state index in [9.17, 15) is 0 Å². The monoisotopic (exact) mass is 406 g/mol. The number of likely N-dealkylation sites (N-methyl/N-ethyl adjacent to an activating group) is 1. The summed E-state index contributed by atoms with van der Waals surface area (Å²) in [5, 5.41) is 6.78. The normalized spacial score (nSPS) is 15.0. The van der Waals surface area contributed by atoms with Gasteiger partial charge in [0.15, 0.2) is 17.5 Å². The fourth-order valence-corrected chi connectivity index (χ4v) is 3.48. The van der Waals surface area contributed by atoms with Gasteiger partial charge < -0.3 is 29.7 Å². The maximum absolute atomic E-state index is 6.31. The zero-order chi connectivity index (χ0) is 20.9. The van der Waals surface area contributed by atoms with Crippen molar-refractivity contribution in [2.24, 2.45) is 4.99 Å². The molecule has 0 radical (unpaired) electrons. The van der Waals surface area contributed by atoms with Gasteiger partial charge in [0, 0.05) is 39.4 Å². The van der Waals surface area contributed by atoms with Gasteiger partial charge in [0.05, 0.1) is 19.8 Å². The fourth-order valence-electron chi connectivity index (χ4n) is 3.48. The number of para-hydroxylation sites is 1. The minimum atomic E-state index is 0.289. The van der Waals surface area contributed by atoms with E-state index in [0.717, 1.165) is 68.5 Å². The lowest BCUT2D eigenvalue weighted by Crippen LogP contribution is -2.38. The number of rotatable bonds is 12. The molecule has 2 rings (SSSR count). The molecule has 1 aromatic carbocycles. The van der Waals surface area contributed by atoms with E-state index in [2.05, 4.69) is 33.6 Å². The van der Waals surface area contributed by atoms with Gasteiger partial charge in [0.25, 0.3) is 0 Å². The van der Waals surface area contributed by atoms with Gasteiger partial charge in [-0.15, -0.1) is 0 Å². The number of nitrogens with one attached hydrogen (secondary N) is 2. The maximum Gasteiger partial charge on any atom is 0.191 e. The van der Waals surface area contributed by atoms with E-state index in [-0.39, 0.29) is 6.10 Å². The van der Waals surface area contributed by atoms with E-state index in [1.807, 2.05) is 12.1 Å². The Balaban J connectivity index is 1.83. The standard InChI is InChI=1S/C22H38N4O3/c1-23-22(24-13-8-14-26(2)15-16-27-3)25-17-18-9-7-12-20(28-4)21(18)29-19-10-5-6-11-19/h7,9,12,19H,5-6,8,10-11,13-17H2,1-4H3,(H2,23,24,25). The van der Waals surface area contributed by atoms with Crippen LogP contribution in [0.15, 0.2) is 23.2 Å². The second kappa shape index (κ2) is 13.3. The van der Waals surface area contributed by atoms with Crippen LogP contribution in [0, 0.1) is 0 Å². The number of nitrogens with zero attached hydrogens (tertiary/aromatic N) is 2. The van der Waals surface area contributed by atoms with Gasteiger partial charge in [-0.25, -0.2) is 0 Å². The number of aliphatic imine (C=N–C) groups is 1. The van der Waals surface area contributed by atoms with Crippen LogP contribution in [0.4, 0.5) is 0 Å². The van der Waals surface area contributed by atoms with Gasteiger partial charge in [0.1, 0.15) is 0 Å². The second-order valence-corrected chi connectivity index (χ2v) is 7.48. The third-order valence-electron chi connectivity index (χ3n) is 5.22. The Morgan fingerprint density at radius 1 is 1.17 bits per heavy atom. The molecule has 29 heavy (non-hydrogen) atoms. The van der Waals surface area contributed by atoms with Crippen molar-refractivity contribution in [3.8, 4) is 11.5 Å². The lowest BCUT2D eigenvalue weighted by atomic mass is 10.1. The first kappa shape index (κ1) is 23.3. The van der Waals surface area contributed by atoms with Crippen LogP contribution in [0.3, 0.4) is 0 Å². The molecule has 2 N–H and O–H groups in total. The van der Waals surface area contributed by atoms with E-state index in [0.29, 0.717) is 6.54 Å². The minimum absolute atomic E-state index is 0.289. The van der Waals surface area contributed by atoms with Crippen molar-refractivity contribution in [2.45, 2.75) is 44.8 Å². The Morgan fingerprint density at radius 2 is 1.97 bits per heavy atom. The van der Waals surface area contributed by atoms with Crippen LogP contribution in [-0.4, -0.2) is 71.5 Å². The number of hydrogen-bond donors (Lipinski definition) is 2. The first-order valence-electron chi connectivity index (χ1n) is 10.6. The molecule has 0 atom stereocenters. The van der Waals surface area contributed by atoms with E-state index in [1.54, 1.807) is 21.3 Å². The molecule has 1 aromatic rings. The molecule has 1 aliphatic carbocycles. The Morgan fingerprint density at radius 3 is 2.66 bits per heavy atom. The van der Waals surface area contributed by atoms with Crippen LogP contribution in [0.5, 0.6) is 11.5 Å². The average Bonchev–Trinajstić information content (AvgIpc) is 3.25. The summed E-state index contributed by atoms with van der Waals surface area (Å²) in [5.41, 5.74) is 1.08. The molecule has 0 heterocycles. The molecule has 0 spiro atoms. The topological polar surface area (TPSA) is 67.4 Å². The van der Waals surface area contributed by atoms with Crippen LogP contribution in [0.2, 0.25) is 0 Å². The van der Waals surface area contributed by atoms with Crippen LogP contribution < -0.4 is 20.1 Å². The predicted octanol–water partition coefficient (Wildman–Crippen LogP) is 2.65. The number of hydrogen-bond acceptors (Lipinski definition) is 5. The van der Waals surface area contributed by atoms with Crippen LogP contribution >= 0.6 is 0 Å². The first-order valence-corrected chi connectivity index (χ1v) is 10.6. The molecule has 0 aromatic heterocycles. The highest BCUT2D eigenvalue weighted by Crippen LogP contribution is 2.34. The molecule has 0 unspecified atom stereocenters. The average molecular weight is 407 g/mol. The highest BCUT2D eigenvalue weighted by atomic mass is 16.5.